The van der Waals surface area contributed by atoms with Crippen molar-refractivity contribution in [2.75, 3.05) is 6.61 Å². The lowest BCUT2D eigenvalue weighted by Gasteiger charge is -1.91. The van der Waals surface area contributed by atoms with Gasteiger partial charge < -0.3 is 9.53 Å². The van der Waals surface area contributed by atoms with E-state index in [-0.39, 0.29) is 5.60 Å². The molecule has 0 aromatic rings. The molecule has 0 radical (unpaired) electrons. The number of rotatable bonds is 2. The molecule has 1 saturated heterocycles. The minimum atomic E-state index is -0.347. The molecule has 1 aliphatic heterocycles. The van der Waals surface area contributed by atoms with Gasteiger partial charge in [-0.05, 0) is 6.42 Å². The summed E-state index contributed by atoms with van der Waals surface area (Å²) in [6, 6.07) is 0. The molecular formula is C5H8O2. The topological polar surface area (TPSA) is 29.6 Å². The highest BCUT2D eigenvalue weighted by molar-refractivity contribution is 5.65. The summed E-state index contributed by atoms with van der Waals surface area (Å²) in [5.41, 5.74) is -0.347. The first-order valence-electron chi connectivity index (χ1n) is 2.43. The van der Waals surface area contributed by atoms with Gasteiger partial charge in [-0.3, -0.25) is 0 Å². The average Bonchev–Trinajstić information content (AvgIpc) is 2.46. The average molecular weight is 100 g/mol. The predicted molar refractivity (Wildman–Crippen MR) is 25.0 cm³/mol. The summed E-state index contributed by atoms with van der Waals surface area (Å²) in [5.74, 6) is 0. The molecule has 0 aromatic carbocycles. The zero-order chi connectivity index (χ0) is 5.33. The molecule has 0 amide bonds. The van der Waals surface area contributed by atoms with E-state index in [0.717, 1.165) is 12.7 Å². The monoisotopic (exact) mass is 100 g/mol. The Kier molecular flexibility index (Phi) is 0.889. The fourth-order valence-electron chi connectivity index (χ4n) is 0.448. The Hall–Kier alpha value is -0.370. The number of hydrogen-bond acceptors (Lipinski definition) is 2. The van der Waals surface area contributed by atoms with Crippen molar-refractivity contribution >= 4 is 6.29 Å². The highest BCUT2D eigenvalue weighted by Gasteiger charge is 2.42. The number of hydrogen-bond donors (Lipinski definition) is 0. The zero-order valence-electron chi connectivity index (χ0n) is 4.31. The van der Waals surface area contributed by atoms with Gasteiger partial charge in [0.1, 0.15) is 5.60 Å². The van der Waals surface area contributed by atoms with Gasteiger partial charge >= 0.3 is 0 Å². The van der Waals surface area contributed by atoms with Crippen LogP contribution in [0.3, 0.4) is 0 Å². The molecule has 1 fully saturated rings. The lowest BCUT2D eigenvalue weighted by Crippen LogP contribution is -2.09. The number of epoxide rings is 1. The molecule has 1 heterocycles. The minimum Gasteiger partial charge on any atom is -0.362 e. The quantitative estimate of drug-likeness (QED) is 0.370. The van der Waals surface area contributed by atoms with E-state index in [4.69, 9.17) is 4.74 Å². The van der Waals surface area contributed by atoms with Crippen LogP contribution < -0.4 is 0 Å². The Labute approximate surface area is 42.5 Å². The molecule has 40 valence electrons. The molecule has 2 heteroatoms. The zero-order valence-corrected chi connectivity index (χ0v) is 4.31. The molecular weight excluding hydrogens is 92.1 g/mol. The third kappa shape index (κ3) is 0.657. The number of aldehydes is 1. The van der Waals surface area contributed by atoms with Crippen molar-refractivity contribution in [3.8, 4) is 0 Å². The van der Waals surface area contributed by atoms with Gasteiger partial charge in [0.25, 0.3) is 0 Å². The molecule has 0 aromatic heterocycles. The van der Waals surface area contributed by atoms with Crippen LogP contribution in [-0.2, 0) is 9.53 Å². The van der Waals surface area contributed by atoms with Crippen LogP contribution in [0.2, 0.25) is 0 Å². The maximum Gasteiger partial charge on any atom is 0.154 e. The molecule has 1 aliphatic rings. The lowest BCUT2D eigenvalue weighted by molar-refractivity contribution is -0.112. The Morgan fingerprint density at radius 1 is 2.00 bits per heavy atom. The Morgan fingerprint density at radius 2 is 2.57 bits per heavy atom. The summed E-state index contributed by atoms with van der Waals surface area (Å²) in [7, 11) is 0. The third-order valence-corrected chi connectivity index (χ3v) is 1.33. The number of carbonyl (C=O) groups is 1. The molecule has 1 atom stereocenters. The van der Waals surface area contributed by atoms with E-state index in [1.807, 2.05) is 6.92 Å². The maximum absolute atomic E-state index is 10.00. The summed E-state index contributed by atoms with van der Waals surface area (Å²) in [6.07, 6.45) is 1.70. The number of ether oxygens (including phenoxy) is 1. The van der Waals surface area contributed by atoms with Crippen LogP contribution >= 0.6 is 0 Å². The molecule has 0 unspecified atom stereocenters. The molecule has 1 rings (SSSR count). The Balaban J connectivity index is 2.42. The third-order valence-electron chi connectivity index (χ3n) is 1.33. The van der Waals surface area contributed by atoms with E-state index in [0.29, 0.717) is 6.61 Å². The van der Waals surface area contributed by atoms with Crippen molar-refractivity contribution < 1.29 is 9.53 Å². The largest absolute Gasteiger partial charge is 0.362 e. The summed E-state index contributed by atoms with van der Waals surface area (Å²) < 4.78 is 4.83. The first kappa shape index (κ1) is 4.78. The Bertz CT molecular complexity index is 84.1. The van der Waals surface area contributed by atoms with Crippen molar-refractivity contribution in [2.24, 2.45) is 0 Å². The van der Waals surface area contributed by atoms with E-state index < -0.39 is 0 Å². The second-order valence-corrected chi connectivity index (χ2v) is 1.82. The predicted octanol–water partition coefficient (Wildman–Crippen LogP) is 0.364. The summed E-state index contributed by atoms with van der Waals surface area (Å²) in [5, 5.41) is 0. The van der Waals surface area contributed by atoms with Gasteiger partial charge in [-0.2, -0.15) is 0 Å². The molecule has 7 heavy (non-hydrogen) atoms. The van der Waals surface area contributed by atoms with Crippen LogP contribution in [-0.4, -0.2) is 18.5 Å². The highest BCUT2D eigenvalue weighted by atomic mass is 16.6. The van der Waals surface area contributed by atoms with Crippen LogP contribution in [0.4, 0.5) is 0 Å². The van der Waals surface area contributed by atoms with Gasteiger partial charge in [0.2, 0.25) is 0 Å². The van der Waals surface area contributed by atoms with Gasteiger partial charge in [0, 0.05) is 0 Å². The summed E-state index contributed by atoms with van der Waals surface area (Å²) in [6.45, 7) is 2.58. The van der Waals surface area contributed by atoms with Crippen molar-refractivity contribution in [1.82, 2.24) is 0 Å². The van der Waals surface area contributed by atoms with Crippen LogP contribution in [0.15, 0.2) is 0 Å². The first-order chi connectivity index (χ1) is 3.33. The summed E-state index contributed by atoms with van der Waals surface area (Å²) >= 11 is 0. The fourth-order valence-corrected chi connectivity index (χ4v) is 0.448. The van der Waals surface area contributed by atoms with E-state index in [2.05, 4.69) is 0 Å². The standard InChI is InChI=1S/C5H8O2/c1-2-5(3-6)4-7-5/h3H,2,4H2,1H3/t5-/m0/s1. The normalized spacial score (nSPS) is 37.9. The van der Waals surface area contributed by atoms with Crippen LogP contribution in [0.5, 0.6) is 0 Å². The van der Waals surface area contributed by atoms with Crippen molar-refractivity contribution in [3.63, 3.8) is 0 Å². The fraction of sp³-hybridized carbons (Fsp3) is 0.800. The molecule has 0 aliphatic carbocycles. The summed E-state index contributed by atoms with van der Waals surface area (Å²) in [4.78, 5) is 10.00. The minimum absolute atomic E-state index is 0.347. The highest BCUT2D eigenvalue weighted by Crippen LogP contribution is 2.26. The molecule has 2 nitrogen and oxygen atoms in total. The second-order valence-electron chi connectivity index (χ2n) is 1.82. The van der Waals surface area contributed by atoms with Crippen molar-refractivity contribution in [1.29, 1.82) is 0 Å². The lowest BCUT2D eigenvalue weighted by atomic mass is 10.1. The SMILES string of the molecule is CC[C@]1(C=O)CO1. The van der Waals surface area contributed by atoms with Crippen LogP contribution in [0.1, 0.15) is 13.3 Å². The van der Waals surface area contributed by atoms with Gasteiger partial charge in [-0.15, -0.1) is 0 Å². The molecule has 0 saturated carbocycles. The molecule has 0 spiro atoms. The van der Waals surface area contributed by atoms with Gasteiger partial charge in [-0.1, -0.05) is 6.92 Å². The van der Waals surface area contributed by atoms with Gasteiger partial charge in [0.05, 0.1) is 6.61 Å². The van der Waals surface area contributed by atoms with E-state index >= 15 is 0 Å². The van der Waals surface area contributed by atoms with E-state index in [1.165, 1.54) is 0 Å². The van der Waals surface area contributed by atoms with Crippen LogP contribution in [0.25, 0.3) is 0 Å². The van der Waals surface area contributed by atoms with Gasteiger partial charge in [-0.25, -0.2) is 0 Å². The van der Waals surface area contributed by atoms with E-state index in [9.17, 15) is 4.79 Å². The molecule has 0 N–H and O–H groups in total. The molecule has 0 bridgehead atoms. The van der Waals surface area contributed by atoms with Gasteiger partial charge in [0.15, 0.2) is 6.29 Å². The van der Waals surface area contributed by atoms with Crippen molar-refractivity contribution in [3.05, 3.63) is 0 Å². The van der Waals surface area contributed by atoms with E-state index in [1.54, 1.807) is 0 Å². The maximum atomic E-state index is 10.00. The smallest absolute Gasteiger partial charge is 0.154 e. The van der Waals surface area contributed by atoms with Crippen LogP contribution in [0, 0.1) is 0 Å². The number of carbonyl (C=O) groups excluding carboxylic acids is 1. The first-order valence-corrected chi connectivity index (χ1v) is 2.43. The second kappa shape index (κ2) is 1.30. The Morgan fingerprint density at radius 3 is 2.57 bits per heavy atom. The van der Waals surface area contributed by atoms with Crippen molar-refractivity contribution in [2.45, 2.75) is 18.9 Å².